The van der Waals surface area contributed by atoms with Crippen LogP contribution in [-0.2, 0) is 0 Å². The van der Waals surface area contributed by atoms with Gasteiger partial charge in [-0.25, -0.2) is 4.98 Å². The Balaban J connectivity index is 1.80. The largest absolute Gasteiger partial charge is 0.477 e. The van der Waals surface area contributed by atoms with Gasteiger partial charge in [0.25, 0.3) is 0 Å². The molecule has 0 amide bonds. The van der Waals surface area contributed by atoms with Crippen LogP contribution < -0.4 is 4.74 Å². The maximum Gasteiger partial charge on any atom is 0.227 e. The van der Waals surface area contributed by atoms with Crippen LogP contribution in [0.4, 0.5) is 0 Å². The lowest BCUT2D eigenvalue weighted by atomic mass is 10.3. The van der Waals surface area contributed by atoms with Crippen molar-refractivity contribution in [3.05, 3.63) is 16.7 Å². The van der Waals surface area contributed by atoms with Gasteiger partial charge in [-0.3, -0.25) is 0 Å². The summed E-state index contributed by atoms with van der Waals surface area (Å²) < 4.78 is 5.68. The molecule has 0 bridgehead atoms. The summed E-state index contributed by atoms with van der Waals surface area (Å²) in [6.45, 7) is 0.725. The first-order valence-corrected chi connectivity index (χ1v) is 6.62. The molecule has 5 heteroatoms. The summed E-state index contributed by atoms with van der Waals surface area (Å²) in [4.78, 5) is 9.16. The molecule has 3 nitrogen and oxygen atoms in total. The molecule has 2 aromatic heterocycles. The van der Waals surface area contributed by atoms with Crippen molar-refractivity contribution in [3.63, 3.8) is 0 Å². The van der Waals surface area contributed by atoms with Crippen molar-refractivity contribution in [1.82, 2.24) is 9.97 Å². The smallest absolute Gasteiger partial charge is 0.227 e. The summed E-state index contributed by atoms with van der Waals surface area (Å²) in [5, 5.41) is 3.20. The molecule has 1 fully saturated rings. The monoisotopic (exact) mass is 254 g/mol. The van der Waals surface area contributed by atoms with E-state index in [0.717, 1.165) is 29.2 Å². The minimum atomic E-state index is 0.261. The van der Waals surface area contributed by atoms with E-state index in [9.17, 15) is 0 Å². The van der Waals surface area contributed by atoms with E-state index in [2.05, 4.69) is 9.97 Å². The zero-order valence-electron chi connectivity index (χ0n) is 8.65. The van der Waals surface area contributed by atoms with Gasteiger partial charge in [-0.1, -0.05) is 12.8 Å². The molecule has 1 saturated carbocycles. The first-order chi connectivity index (χ1) is 7.83. The minimum Gasteiger partial charge on any atom is -0.477 e. The third-order valence-electron chi connectivity index (χ3n) is 2.72. The average molecular weight is 255 g/mol. The van der Waals surface area contributed by atoms with Crippen LogP contribution in [0.2, 0.25) is 5.28 Å². The molecule has 0 radical (unpaired) electrons. The molecule has 84 valence electrons. The highest BCUT2D eigenvalue weighted by atomic mass is 35.5. The van der Waals surface area contributed by atoms with Crippen LogP contribution >= 0.6 is 22.9 Å². The molecular weight excluding hydrogens is 244 g/mol. The fraction of sp³-hybridized carbons (Fsp3) is 0.455. The second-order valence-corrected chi connectivity index (χ2v) is 5.25. The van der Waals surface area contributed by atoms with Crippen molar-refractivity contribution >= 4 is 33.2 Å². The zero-order chi connectivity index (χ0) is 11.0. The van der Waals surface area contributed by atoms with Gasteiger partial charge in [0, 0.05) is 0 Å². The van der Waals surface area contributed by atoms with Crippen LogP contribution in [0.3, 0.4) is 0 Å². The Hall–Kier alpha value is -0.870. The van der Waals surface area contributed by atoms with Gasteiger partial charge in [-0.2, -0.15) is 4.98 Å². The lowest BCUT2D eigenvalue weighted by Gasteiger charge is -2.05. The molecule has 1 aliphatic carbocycles. The second kappa shape index (κ2) is 4.18. The van der Waals surface area contributed by atoms with Crippen molar-refractivity contribution in [3.8, 4) is 5.88 Å². The van der Waals surface area contributed by atoms with Gasteiger partial charge in [0.15, 0.2) is 0 Å². The Morgan fingerprint density at radius 2 is 2.31 bits per heavy atom. The standard InChI is InChI=1S/C11H11ClN2OS/c12-11-13-9(15-5-3-7-1-2-7)8-4-6-16-10(8)14-11/h4,6-7H,1-3,5H2. The lowest BCUT2D eigenvalue weighted by Crippen LogP contribution is -2.01. The summed E-state index contributed by atoms with van der Waals surface area (Å²) in [5.41, 5.74) is 0. The topological polar surface area (TPSA) is 35.0 Å². The summed E-state index contributed by atoms with van der Waals surface area (Å²) in [6.07, 6.45) is 3.82. The first-order valence-electron chi connectivity index (χ1n) is 5.36. The molecule has 16 heavy (non-hydrogen) atoms. The summed E-state index contributed by atoms with van der Waals surface area (Å²) in [5.74, 6) is 1.49. The fourth-order valence-electron chi connectivity index (χ4n) is 1.64. The Bertz CT molecular complexity index is 510. The Kier molecular flexibility index (Phi) is 2.69. The van der Waals surface area contributed by atoms with Gasteiger partial charge in [-0.05, 0) is 35.4 Å². The quantitative estimate of drug-likeness (QED) is 0.783. The average Bonchev–Trinajstić information content (AvgIpc) is 2.95. The molecule has 2 heterocycles. The molecule has 0 aromatic carbocycles. The first kappa shape index (κ1) is 10.3. The van der Waals surface area contributed by atoms with Crippen LogP contribution in [0.1, 0.15) is 19.3 Å². The van der Waals surface area contributed by atoms with E-state index in [1.54, 1.807) is 11.3 Å². The van der Waals surface area contributed by atoms with E-state index >= 15 is 0 Å². The second-order valence-electron chi connectivity index (χ2n) is 4.02. The Morgan fingerprint density at radius 1 is 1.44 bits per heavy atom. The minimum absolute atomic E-state index is 0.261. The third kappa shape index (κ3) is 2.13. The molecule has 3 rings (SSSR count). The number of fused-ring (bicyclic) bond motifs is 1. The number of aromatic nitrogens is 2. The van der Waals surface area contributed by atoms with Crippen molar-refractivity contribution in [2.45, 2.75) is 19.3 Å². The van der Waals surface area contributed by atoms with Crippen LogP contribution in [0.5, 0.6) is 5.88 Å². The molecule has 0 aliphatic heterocycles. The predicted molar refractivity (Wildman–Crippen MR) is 65.3 cm³/mol. The molecule has 1 aliphatic rings. The molecule has 0 unspecified atom stereocenters. The normalized spacial score (nSPS) is 15.6. The van der Waals surface area contributed by atoms with Gasteiger partial charge < -0.3 is 4.74 Å². The van der Waals surface area contributed by atoms with Gasteiger partial charge in [0.2, 0.25) is 11.2 Å². The highest BCUT2D eigenvalue weighted by Crippen LogP contribution is 2.33. The molecular formula is C11H11ClN2OS. The Labute approximate surface area is 102 Å². The van der Waals surface area contributed by atoms with E-state index in [0.29, 0.717) is 5.88 Å². The summed E-state index contributed by atoms with van der Waals surface area (Å²) in [7, 11) is 0. The van der Waals surface area contributed by atoms with Crippen molar-refractivity contribution in [2.75, 3.05) is 6.61 Å². The van der Waals surface area contributed by atoms with E-state index in [1.807, 2.05) is 11.4 Å². The van der Waals surface area contributed by atoms with Crippen molar-refractivity contribution < 1.29 is 4.74 Å². The number of hydrogen-bond acceptors (Lipinski definition) is 4. The highest BCUT2D eigenvalue weighted by Gasteiger charge is 2.21. The molecule has 2 aromatic rings. The van der Waals surface area contributed by atoms with Gasteiger partial charge in [-0.15, -0.1) is 11.3 Å². The molecule has 0 atom stereocenters. The van der Waals surface area contributed by atoms with Crippen LogP contribution in [-0.4, -0.2) is 16.6 Å². The van der Waals surface area contributed by atoms with E-state index in [-0.39, 0.29) is 5.28 Å². The maximum atomic E-state index is 5.84. The third-order valence-corrected chi connectivity index (χ3v) is 3.70. The van der Waals surface area contributed by atoms with Gasteiger partial charge >= 0.3 is 0 Å². The van der Waals surface area contributed by atoms with Crippen LogP contribution in [0.25, 0.3) is 10.2 Å². The molecule has 0 N–H and O–H groups in total. The van der Waals surface area contributed by atoms with E-state index in [4.69, 9.17) is 16.3 Å². The summed E-state index contributed by atoms with van der Waals surface area (Å²) >= 11 is 7.39. The maximum absolute atomic E-state index is 5.84. The molecule has 0 saturated heterocycles. The van der Waals surface area contributed by atoms with Gasteiger partial charge in [0.05, 0.1) is 12.0 Å². The van der Waals surface area contributed by atoms with Crippen LogP contribution in [0.15, 0.2) is 11.4 Å². The van der Waals surface area contributed by atoms with E-state index < -0.39 is 0 Å². The number of nitrogens with zero attached hydrogens (tertiary/aromatic N) is 2. The number of thiophene rings is 1. The van der Waals surface area contributed by atoms with E-state index in [1.165, 1.54) is 12.8 Å². The highest BCUT2D eigenvalue weighted by molar-refractivity contribution is 7.16. The van der Waals surface area contributed by atoms with Gasteiger partial charge in [0.1, 0.15) is 4.83 Å². The number of rotatable bonds is 4. The number of hydrogen-bond donors (Lipinski definition) is 0. The summed E-state index contributed by atoms with van der Waals surface area (Å²) in [6, 6.07) is 1.97. The Morgan fingerprint density at radius 3 is 3.12 bits per heavy atom. The lowest BCUT2D eigenvalue weighted by molar-refractivity contribution is 0.295. The number of halogens is 1. The van der Waals surface area contributed by atoms with Crippen molar-refractivity contribution in [2.24, 2.45) is 5.92 Å². The fourth-order valence-corrected chi connectivity index (χ4v) is 2.61. The number of ether oxygens (including phenoxy) is 1. The van der Waals surface area contributed by atoms with Crippen molar-refractivity contribution in [1.29, 1.82) is 0 Å². The predicted octanol–water partition coefficient (Wildman–Crippen LogP) is 3.52. The van der Waals surface area contributed by atoms with Crippen LogP contribution in [0, 0.1) is 5.92 Å². The SMILES string of the molecule is Clc1nc(OCCC2CC2)c2ccsc2n1. The molecule has 0 spiro atoms. The zero-order valence-corrected chi connectivity index (χ0v) is 10.2.